The minimum atomic E-state index is -3.84. The molecule has 1 amide bonds. The highest BCUT2D eigenvalue weighted by Crippen LogP contribution is 2.23. The van der Waals surface area contributed by atoms with E-state index in [1.807, 2.05) is 6.07 Å². The molecule has 1 aromatic heterocycles. The lowest BCUT2D eigenvalue weighted by molar-refractivity contribution is -0.137. The molecule has 0 unspecified atom stereocenters. The molecule has 0 aliphatic carbocycles. The van der Waals surface area contributed by atoms with E-state index in [4.69, 9.17) is 9.52 Å². The standard InChI is InChI=1S/C17H20N2O6S/c1-12-14(9-16(25-12)26(23,24)18(2)3)17(22)19(11-15(20)21)10-13-7-5-4-6-8-13/h4-9H,10-11H2,1-3H3,(H,20,21). The Bertz CT molecular complexity index is 903. The molecule has 1 heterocycles. The molecule has 0 atom stereocenters. The fraction of sp³-hybridized carbons (Fsp3) is 0.294. The number of aliphatic carboxylic acids is 1. The van der Waals surface area contributed by atoms with Crippen LogP contribution >= 0.6 is 0 Å². The number of benzene rings is 1. The summed E-state index contributed by atoms with van der Waals surface area (Å²) in [4.78, 5) is 25.1. The van der Waals surface area contributed by atoms with Gasteiger partial charge in [0.05, 0.1) is 5.56 Å². The molecule has 8 nitrogen and oxygen atoms in total. The van der Waals surface area contributed by atoms with Gasteiger partial charge in [0, 0.05) is 26.7 Å². The highest BCUT2D eigenvalue weighted by molar-refractivity contribution is 7.88. The Labute approximate surface area is 151 Å². The van der Waals surface area contributed by atoms with Crippen LogP contribution in [0.1, 0.15) is 21.7 Å². The summed E-state index contributed by atoms with van der Waals surface area (Å²) in [6.45, 7) is 1.02. The molecule has 1 aromatic carbocycles. The number of rotatable bonds is 7. The Morgan fingerprint density at radius 1 is 1.15 bits per heavy atom. The van der Waals surface area contributed by atoms with E-state index >= 15 is 0 Å². The summed E-state index contributed by atoms with van der Waals surface area (Å²) in [5.41, 5.74) is 0.770. The van der Waals surface area contributed by atoms with E-state index in [9.17, 15) is 18.0 Å². The Hall–Kier alpha value is -2.65. The molecule has 1 N–H and O–H groups in total. The Morgan fingerprint density at radius 3 is 2.31 bits per heavy atom. The molecule has 0 saturated heterocycles. The normalized spacial score (nSPS) is 11.5. The van der Waals surface area contributed by atoms with Gasteiger partial charge in [-0.2, -0.15) is 0 Å². The van der Waals surface area contributed by atoms with Crippen molar-refractivity contribution in [2.75, 3.05) is 20.6 Å². The number of aryl methyl sites for hydroxylation is 1. The van der Waals surface area contributed by atoms with Crippen molar-refractivity contribution in [3.8, 4) is 0 Å². The molecule has 2 aromatic rings. The molecule has 9 heteroatoms. The van der Waals surface area contributed by atoms with Crippen LogP contribution in [-0.2, 0) is 21.4 Å². The van der Waals surface area contributed by atoms with Crippen LogP contribution in [0.25, 0.3) is 0 Å². The van der Waals surface area contributed by atoms with Crippen molar-refractivity contribution in [3.05, 3.63) is 53.3 Å². The van der Waals surface area contributed by atoms with Crippen molar-refractivity contribution >= 4 is 21.9 Å². The topological polar surface area (TPSA) is 108 Å². The molecular formula is C17H20N2O6S. The monoisotopic (exact) mass is 380 g/mol. The zero-order chi connectivity index (χ0) is 19.5. The SMILES string of the molecule is Cc1oc(S(=O)(=O)N(C)C)cc1C(=O)N(CC(=O)O)Cc1ccccc1. The minimum absolute atomic E-state index is 0.0163. The highest BCUT2D eigenvalue weighted by Gasteiger charge is 2.28. The number of carboxylic acids is 1. The third kappa shape index (κ3) is 4.30. The number of amides is 1. The summed E-state index contributed by atoms with van der Waals surface area (Å²) >= 11 is 0. The van der Waals surface area contributed by atoms with Crippen molar-refractivity contribution in [2.24, 2.45) is 0 Å². The average molecular weight is 380 g/mol. The first-order chi connectivity index (χ1) is 12.1. The number of nitrogens with zero attached hydrogens (tertiary/aromatic N) is 2. The van der Waals surface area contributed by atoms with Crippen molar-refractivity contribution in [1.29, 1.82) is 0 Å². The molecule has 0 fully saturated rings. The van der Waals surface area contributed by atoms with Crippen molar-refractivity contribution in [2.45, 2.75) is 18.6 Å². The van der Waals surface area contributed by atoms with Crippen LogP contribution in [-0.4, -0.2) is 55.2 Å². The van der Waals surface area contributed by atoms with Crippen molar-refractivity contribution in [1.82, 2.24) is 9.21 Å². The lowest BCUT2D eigenvalue weighted by Crippen LogP contribution is -2.35. The van der Waals surface area contributed by atoms with Crippen LogP contribution in [0.3, 0.4) is 0 Å². The van der Waals surface area contributed by atoms with Crippen molar-refractivity contribution in [3.63, 3.8) is 0 Å². The van der Waals surface area contributed by atoms with Gasteiger partial charge in [-0.05, 0) is 12.5 Å². The molecule has 2 rings (SSSR count). The molecule has 140 valence electrons. The zero-order valence-corrected chi connectivity index (χ0v) is 15.5. The second kappa shape index (κ2) is 7.71. The van der Waals surface area contributed by atoms with Crippen LogP contribution in [0.4, 0.5) is 0 Å². The van der Waals surface area contributed by atoms with Gasteiger partial charge in [0.2, 0.25) is 5.09 Å². The van der Waals surface area contributed by atoms with Gasteiger partial charge in [0.25, 0.3) is 15.9 Å². The van der Waals surface area contributed by atoms with Gasteiger partial charge < -0.3 is 14.4 Å². The first-order valence-corrected chi connectivity index (χ1v) is 9.15. The van der Waals surface area contributed by atoms with E-state index in [2.05, 4.69) is 0 Å². The average Bonchev–Trinajstić information content (AvgIpc) is 2.96. The van der Waals surface area contributed by atoms with Crippen LogP contribution in [0, 0.1) is 6.92 Å². The summed E-state index contributed by atoms with van der Waals surface area (Å²) in [6.07, 6.45) is 0. The maximum absolute atomic E-state index is 12.8. The lowest BCUT2D eigenvalue weighted by Gasteiger charge is -2.20. The molecule has 0 aliphatic heterocycles. The van der Waals surface area contributed by atoms with E-state index in [1.54, 1.807) is 24.3 Å². The third-order valence-electron chi connectivity index (χ3n) is 3.69. The minimum Gasteiger partial charge on any atom is -0.480 e. The van der Waals surface area contributed by atoms with E-state index in [0.717, 1.165) is 20.8 Å². The molecule has 26 heavy (non-hydrogen) atoms. The van der Waals surface area contributed by atoms with Crippen LogP contribution < -0.4 is 0 Å². The molecule has 0 saturated carbocycles. The summed E-state index contributed by atoms with van der Waals surface area (Å²) < 4.78 is 30.6. The number of furan rings is 1. The number of hydrogen-bond acceptors (Lipinski definition) is 5. The van der Waals surface area contributed by atoms with Crippen LogP contribution in [0.5, 0.6) is 0 Å². The molecule has 0 bridgehead atoms. The van der Waals surface area contributed by atoms with Crippen LogP contribution in [0.2, 0.25) is 0 Å². The third-order valence-corrected chi connectivity index (χ3v) is 5.36. The molecule has 0 radical (unpaired) electrons. The fourth-order valence-corrected chi connectivity index (χ4v) is 3.17. The van der Waals surface area contributed by atoms with E-state index < -0.39 is 28.4 Å². The van der Waals surface area contributed by atoms with E-state index in [1.165, 1.54) is 21.0 Å². The highest BCUT2D eigenvalue weighted by atomic mass is 32.2. The number of carbonyl (C=O) groups is 2. The largest absolute Gasteiger partial charge is 0.480 e. The number of hydrogen-bond donors (Lipinski definition) is 1. The number of sulfonamides is 1. The second-order valence-corrected chi connectivity index (χ2v) is 7.95. The summed E-state index contributed by atoms with van der Waals surface area (Å²) in [5.74, 6) is -1.67. The van der Waals surface area contributed by atoms with Gasteiger partial charge in [-0.25, -0.2) is 12.7 Å². The first kappa shape index (κ1) is 19.7. The lowest BCUT2D eigenvalue weighted by atomic mass is 10.1. The van der Waals surface area contributed by atoms with Crippen LogP contribution in [0.15, 0.2) is 45.9 Å². The molecule has 0 aliphatic rings. The van der Waals surface area contributed by atoms with Gasteiger partial charge in [-0.3, -0.25) is 9.59 Å². The van der Waals surface area contributed by atoms with Gasteiger partial charge in [-0.15, -0.1) is 0 Å². The van der Waals surface area contributed by atoms with Gasteiger partial charge >= 0.3 is 5.97 Å². The summed E-state index contributed by atoms with van der Waals surface area (Å²) in [6, 6.07) is 10.0. The van der Waals surface area contributed by atoms with Gasteiger partial charge in [0.15, 0.2) is 0 Å². The smallest absolute Gasteiger partial charge is 0.323 e. The van der Waals surface area contributed by atoms with Gasteiger partial charge in [0.1, 0.15) is 12.3 Å². The Morgan fingerprint density at radius 2 is 1.77 bits per heavy atom. The predicted octanol–water partition coefficient (Wildman–Crippen LogP) is 1.57. The predicted molar refractivity (Wildman–Crippen MR) is 93.1 cm³/mol. The van der Waals surface area contributed by atoms with Crippen molar-refractivity contribution < 1.29 is 27.5 Å². The van der Waals surface area contributed by atoms with E-state index in [-0.39, 0.29) is 23.0 Å². The second-order valence-electron chi connectivity index (χ2n) is 5.86. The summed E-state index contributed by atoms with van der Waals surface area (Å²) in [7, 11) is -1.14. The van der Waals surface area contributed by atoms with E-state index in [0.29, 0.717) is 0 Å². The zero-order valence-electron chi connectivity index (χ0n) is 14.7. The first-order valence-electron chi connectivity index (χ1n) is 7.71. The maximum Gasteiger partial charge on any atom is 0.323 e. The van der Waals surface area contributed by atoms with Gasteiger partial charge in [-0.1, -0.05) is 30.3 Å². The maximum atomic E-state index is 12.8. The Balaban J connectivity index is 2.36. The molecule has 0 spiro atoms. The number of carboxylic acid groups (broad SMARTS) is 1. The summed E-state index contributed by atoms with van der Waals surface area (Å²) in [5, 5.41) is 8.75. The Kier molecular flexibility index (Phi) is 5.83. The quantitative estimate of drug-likeness (QED) is 0.781. The fourth-order valence-electron chi connectivity index (χ4n) is 2.31. The number of carbonyl (C=O) groups excluding carboxylic acids is 1. The molecular weight excluding hydrogens is 360 g/mol.